The zero-order valence-corrected chi connectivity index (χ0v) is 33.6. The predicted octanol–water partition coefficient (Wildman–Crippen LogP) is 11.2. The van der Waals surface area contributed by atoms with Crippen LogP contribution in [0.2, 0.25) is 32.7 Å². The summed E-state index contributed by atoms with van der Waals surface area (Å²) in [6.45, 7) is 26.2. The maximum atomic E-state index is 7.39. The van der Waals surface area contributed by atoms with Gasteiger partial charge in [0, 0.05) is 22.0 Å². The minimum absolute atomic E-state index is 0.231. The first-order valence-corrected chi connectivity index (χ1v) is 24.3. The number of fused-ring (bicyclic) bond motifs is 1. The largest absolute Gasteiger partial charge is 0.544 e. The quantitative estimate of drug-likeness (QED) is 0.141. The molecule has 0 fully saturated rings. The molecule has 1 nitrogen and oxygen atoms in total. The lowest BCUT2D eigenvalue weighted by atomic mass is 9.71. The molecule has 0 N–H and O–H groups in total. The Morgan fingerprint density at radius 3 is 1.84 bits per heavy atom. The van der Waals surface area contributed by atoms with Crippen molar-refractivity contribution in [3.05, 3.63) is 154 Å². The van der Waals surface area contributed by atoms with Crippen LogP contribution in [0.25, 0.3) is 17.2 Å². The topological polar surface area (TPSA) is 9.23 Å². The molecular weight excluding hydrogens is 625 g/mol. The van der Waals surface area contributed by atoms with E-state index >= 15 is 0 Å². The van der Waals surface area contributed by atoms with E-state index in [2.05, 4.69) is 190 Å². The molecule has 1 aliphatic rings. The number of rotatable bonds is 9. The van der Waals surface area contributed by atoms with Crippen LogP contribution in [0.3, 0.4) is 0 Å². The molecule has 1 aliphatic carbocycles. The molecule has 3 heteroatoms. The SMILES string of the molecule is Cc1ccc([Si](C)(C)c2cccc3c2C=CC3)c(-c2cc(C(C)(C)c3ccccc3)cc(C(C)(C)c3ccccc3)c2O[Si](C)(C)C)c1C. The Labute approximate surface area is 298 Å². The van der Waals surface area contributed by atoms with Gasteiger partial charge in [-0.25, -0.2) is 0 Å². The van der Waals surface area contributed by atoms with Gasteiger partial charge in [0.2, 0.25) is 8.32 Å². The minimum Gasteiger partial charge on any atom is -0.544 e. The molecule has 0 unspecified atom stereocenters. The lowest BCUT2D eigenvalue weighted by molar-refractivity contribution is 0.521. The standard InChI is InChI=1S/C46H54OSi2/c1-32-28-29-42(49(10,11)41-27-19-21-34-20-18-26-38(34)41)43(33(32)2)39-30-37(45(3,4)35-22-14-12-15-23-35)31-40(44(39)47-48(7,8)9)46(5,6)36-24-16-13-17-25-36/h12-19,21-31H,20H2,1-11H3. The van der Waals surface area contributed by atoms with Crippen molar-refractivity contribution in [3.63, 3.8) is 0 Å². The van der Waals surface area contributed by atoms with Crippen LogP contribution < -0.4 is 14.8 Å². The van der Waals surface area contributed by atoms with E-state index in [9.17, 15) is 0 Å². The van der Waals surface area contributed by atoms with Crippen molar-refractivity contribution >= 4 is 32.8 Å². The van der Waals surface area contributed by atoms with Crippen LogP contribution in [0.1, 0.15) is 72.2 Å². The second-order valence-electron chi connectivity index (χ2n) is 16.6. The van der Waals surface area contributed by atoms with Gasteiger partial charge in [-0.1, -0.05) is 150 Å². The van der Waals surface area contributed by atoms with Gasteiger partial charge in [-0.3, -0.25) is 0 Å². The summed E-state index contributed by atoms with van der Waals surface area (Å²) in [5.41, 5.74) is 12.8. The van der Waals surface area contributed by atoms with Crippen LogP contribution in [-0.4, -0.2) is 16.4 Å². The fraction of sp³-hybridized carbons (Fsp3) is 0.304. The highest BCUT2D eigenvalue weighted by atomic mass is 28.4. The van der Waals surface area contributed by atoms with E-state index in [1.807, 2.05) is 0 Å². The van der Waals surface area contributed by atoms with Crippen molar-refractivity contribution in [2.75, 3.05) is 0 Å². The van der Waals surface area contributed by atoms with Gasteiger partial charge in [0.25, 0.3) is 0 Å². The number of hydrogen-bond donors (Lipinski definition) is 0. The second kappa shape index (κ2) is 12.8. The summed E-state index contributed by atoms with van der Waals surface area (Å²) in [7, 11) is -4.30. The normalized spacial score (nSPS) is 13.4. The first-order chi connectivity index (χ1) is 23.0. The Bertz CT molecular complexity index is 2030. The fourth-order valence-corrected chi connectivity index (χ4v) is 11.8. The Hall–Kier alpha value is -3.93. The van der Waals surface area contributed by atoms with Crippen molar-refractivity contribution < 1.29 is 4.43 Å². The number of aryl methyl sites for hydroxylation is 1. The third kappa shape index (κ3) is 6.44. The molecule has 6 rings (SSSR count). The van der Waals surface area contributed by atoms with Gasteiger partial charge in [0.05, 0.1) is 0 Å². The number of allylic oxidation sites excluding steroid dienone is 1. The smallest absolute Gasteiger partial charge is 0.242 e. The van der Waals surface area contributed by atoms with E-state index < -0.39 is 16.4 Å². The fourth-order valence-electron chi connectivity index (χ4n) is 7.75. The zero-order valence-electron chi connectivity index (χ0n) is 31.6. The highest BCUT2D eigenvalue weighted by Crippen LogP contribution is 2.48. The molecule has 0 saturated carbocycles. The van der Waals surface area contributed by atoms with Gasteiger partial charge >= 0.3 is 0 Å². The minimum atomic E-state index is -2.23. The summed E-state index contributed by atoms with van der Waals surface area (Å²) < 4.78 is 7.39. The third-order valence-electron chi connectivity index (χ3n) is 11.1. The average molecular weight is 679 g/mol. The van der Waals surface area contributed by atoms with Gasteiger partial charge in [-0.2, -0.15) is 0 Å². The van der Waals surface area contributed by atoms with Crippen molar-refractivity contribution in [1.29, 1.82) is 0 Å². The molecule has 0 aromatic heterocycles. The Morgan fingerprint density at radius 1 is 0.612 bits per heavy atom. The second-order valence-corrected chi connectivity index (χ2v) is 25.4. The van der Waals surface area contributed by atoms with E-state index in [0.717, 1.165) is 12.2 Å². The number of hydrogen-bond acceptors (Lipinski definition) is 1. The molecule has 0 saturated heterocycles. The van der Waals surface area contributed by atoms with Crippen molar-refractivity contribution in [2.24, 2.45) is 0 Å². The summed E-state index contributed by atoms with van der Waals surface area (Å²) in [4.78, 5) is 0. The van der Waals surface area contributed by atoms with E-state index in [4.69, 9.17) is 4.43 Å². The lowest BCUT2D eigenvalue weighted by Crippen LogP contribution is -2.55. The molecule has 5 aromatic carbocycles. The lowest BCUT2D eigenvalue weighted by Gasteiger charge is -2.37. The summed E-state index contributed by atoms with van der Waals surface area (Å²) in [5, 5.41) is 2.99. The van der Waals surface area contributed by atoms with Crippen molar-refractivity contribution in [3.8, 4) is 16.9 Å². The molecule has 0 spiro atoms. The van der Waals surface area contributed by atoms with Gasteiger partial charge in [0.1, 0.15) is 13.8 Å². The molecule has 0 atom stereocenters. The third-order valence-corrected chi connectivity index (χ3v) is 15.4. The first-order valence-electron chi connectivity index (χ1n) is 17.9. The first kappa shape index (κ1) is 34.9. The van der Waals surface area contributed by atoms with Crippen LogP contribution in [0.15, 0.2) is 109 Å². The maximum absolute atomic E-state index is 7.39. The van der Waals surface area contributed by atoms with E-state index in [0.29, 0.717) is 0 Å². The predicted molar refractivity (Wildman–Crippen MR) is 218 cm³/mol. The van der Waals surface area contributed by atoms with E-state index in [1.54, 1.807) is 0 Å². The summed E-state index contributed by atoms with van der Waals surface area (Å²) >= 11 is 0. The van der Waals surface area contributed by atoms with E-state index in [-0.39, 0.29) is 10.8 Å². The Kier molecular flexibility index (Phi) is 9.09. The van der Waals surface area contributed by atoms with Crippen LogP contribution >= 0.6 is 0 Å². The molecule has 5 aromatic rings. The molecule has 0 heterocycles. The van der Waals surface area contributed by atoms with Crippen molar-refractivity contribution in [2.45, 2.75) is 91.5 Å². The van der Waals surface area contributed by atoms with E-state index in [1.165, 1.54) is 66.0 Å². The summed E-state index contributed by atoms with van der Waals surface area (Å²) in [6.07, 6.45) is 5.71. The van der Waals surface area contributed by atoms with Gasteiger partial charge in [0.15, 0.2) is 0 Å². The molecule has 0 aliphatic heterocycles. The summed E-state index contributed by atoms with van der Waals surface area (Å²) in [5.74, 6) is 1.05. The molecule has 0 amide bonds. The van der Waals surface area contributed by atoms with Crippen LogP contribution in [0.5, 0.6) is 5.75 Å². The molecule has 49 heavy (non-hydrogen) atoms. The van der Waals surface area contributed by atoms with Crippen LogP contribution in [0.4, 0.5) is 0 Å². The molecule has 0 bridgehead atoms. The highest BCUT2D eigenvalue weighted by molar-refractivity contribution is 7.01. The zero-order chi connectivity index (χ0) is 35.4. The van der Waals surface area contributed by atoms with Gasteiger partial charge in [-0.15, -0.1) is 0 Å². The molecule has 252 valence electrons. The highest BCUT2D eigenvalue weighted by Gasteiger charge is 2.38. The molecule has 0 radical (unpaired) electrons. The van der Waals surface area contributed by atoms with Gasteiger partial charge in [-0.05, 0) is 101 Å². The number of benzene rings is 5. The average Bonchev–Trinajstić information content (AvgIpc) is 3.55. The Balaban J connectivity index is 1.75. The molecular formula is C46H54OSi2. The van der Waals surface area contributed by atoms with Crippen LogP contribution in [-0.2, 0) is 17.3 Å². The maximum Gasteiger partial charge on any atom is 0.242 e. The van der Waals surface area contributed by atoms with Crippen molar-refractivity contribution in [1.82, 2.24) is 0 Å². The summed E-state index contributed by atoms with van der Waals surface area (Å²) in [6, 6.07) is 38.8. The monoisotopic (exact) mass is 678 g/mol. The Morgan fingerprint density at radius 2 is 1.22 bits per heavy atom. The van der Waals surface area contributed by atoms with Crippen LogP contribution in [0, 0.1) is 13.8 Å². The van der Waals surface area contributed by atoms with Gasteiger partial charge < -0.3 is 4.43 Å².